The molecule has 0 amide bonds. The summed E-state index contributed by atoms with van der Waals surface area (Å²) in [6, 6.07) is 81.9. The Balaban J connectivity index is 0.972. The van der Waals surface area contributed by atoms with Gasteiger partial charge in [-0.25, -0.2) is 0 Å². The van der Waals surface area contributed by atoms with Gasteiger partial charge in [0.05, 0.1) is 16.4 Å². The first-order valence-electron chi connectivity index (χ1n) is 21.7. The Bertz CT molecular complexity index is 3720. The lowest BCUT2D eigenvalue weighted by atomic mass is 10.0. The Morgan fingerprint density at radius 2 is 0.781 bits per heavy atom. The Labute approximate surface area is 369 Å². The van der Waals surface area contributed by atoms with E-state index in [9.17, 15) is 0 Å². The van der Waals surface area contributed by atoms with Crippen LogP contribution >= 0.6 is 0 Å². The second kappa shape index (κ2) is 14.5. The molecule has 4 heteroatoms. The van der Waals surface area contributed by atoms with Gasteiger partial charge in [-0.2, -0.15) is 0 Å². The number of furan rings is 2. The van der Waals surface area contributed by atoms with E-state index >= 15 is 0 Å². The third kappa shape index (κ3) is 5.70. The quantitative estimate of drug-likeness (QED) is 0.161. The van der Waals surface area contributed by atoms with Crippen molar-refractivity contribution in [2.45, 2.75) is 0 Å². The molecule has 0 saturated carbocycles. The molecule has 3 heterocycles. The Morgan fingerprint density at radius 3 is 1.36 bits per heavy atom. The summed E-state index contributed by atoms with van der Waals surface area (Å²) in [6.07, 6.45) is 0. The highest BCUT2D eigenvalue weighted by Crippen LogP contribution is 2.47. The predicted molar refractivity (Wildman–Crippen MR) is 266 cm³/mol. The van der Waals surface area contributed by atoms with Crippen LogP contribution in [0, 0.1) is 0 Å². The van der Waals surface area contributed by atoms with Gasteiger partial charge in [0, 0.05) is 49.6 Å². The molecule has 0 aliphatic rings. The van der Waals surface area contributed by atoms with Gasteiger partial charge in [-0.1, -0.05) is 170 Å². The molecule has 0 spiro atoms. The van der Waals surface area contributed by atoms with Crippen molar-refractivity contribution in [3.63, 3.8) is 0 Å². The zero-order chi connectivity index (χ0) is 42.1. The van der Waals surface area contributed by atoms with Crippen LogP contribution in [-0.2, 0) is 0 Å². The van der Waals surface area contributed by atoms with Crippen LogP contribution in [0.3, 0.4) is 0 Å². The third-order valence-electron chi connectivity index (χ3n) is 12.8. The normalized spacial score (nSPS) is 11.8. The van der Waals surface area contributed by atoms with Crippen LogP contribution in [0.15, 0.2) is 239 Å². The largest absolute Gasteiger partial charge is 0.456 e. The van der Waals surface area contributed by atoms with E-state index < -0.39 is 0 Å². The maximum Gasteiger partial charge on any atom is 0.160 e. The van der Waals surface area contributed by atoms with E-state index in [2.05, 4.69) is 228 Å². The summed E-state index contributed by atoms with van der Waals surface area (Å²) < 4.78 is 16.3. The van der Waals surface area contributed by atoms with Gasteiger partial charge >= 0.3 is 0 Å². The number of aromatic nitrogens is 1. The van der Waals surface area contributed by atoms with E-state index in [0.717, 1.165) is 88.8 Å². The summed E-state index contributed by atoms with van der Waals surface area (Å²) in [5.74, 6) is 0. The Hall–Kier alpha value is -8.60. The van der Waals surface area contributed by atoms with Gasteiger partial charge in [0.2, 0.25) is 0 Å². The second-order valence-electron chi connectivity index (χ2n) is 16.4. The molecule has 0 aliphatic carbocycles. The molecule has 10 aromatic carbocycles. The monoisotopic (exact) mass is 818 g/mol. The fourth-order valence-electron chi connectivity index (χ4n) is 9.82. The average molecular weight is 819 g/mol. The van der Waals surface area contributed by atoms with Gasteiger partial charge in [-0.3, -0.25) is 0 Å². The lowest BCUT2D eigenvalue weighted by Gasteiger charge is -2.26. The lowest BCUT2D eigenvalue weighted by Crippen LogP contribution is -2.09. The minimum absolute atomic E-state index is 0.828. The van der Waals surface area contributed by atoms with Crippen LogP contribution in [0.25, 0.3) is 105 Å². The first-order chi connectivity index (χ1) is 31.7. The SMILES string of the molecule is c1ccc(-c2ccc(N(c3ccc(-c4ccccc4)cc3)c3ccc(-c4cccc5c4oc4c(-n6c7ccccc7c7ccccc76)c6c(cc45)oc4ccccc46)cc3)cc2)cc1. The highest BCUT2D eigenvalue weighted by molar-refractivity contribution is 6.23. The molecule has 0 aliphatic heterocycles. The zero-order valence-corrected chi connectivity index (χ0v) is 34.7. The molecule has 13 rings (SSSR count). The first kappa shape index (κ1) is 36.1. The molecule has 0 radical (unpaired) electrons. The number of benzene rings is 10. The van der Waals surface area contributed by atoms with Gasteiger partial charge in [-0.15, -0.1) is 0 Å². The Morgan fingerprint density at radius 1 is 0.312 bits per heavy atom. The number of anilines is 3. The van der Waals surface area contributed by atoms with E-state index in [1.54, 1.807) is 0 Å². The molecular weight excluding hydrogens is 781 g/mol. The summed E-state index contributed by atoms with van der Waals surface area (Å²) in [7, 11) is 0. The van der Waals surface area contributed by atoms with Crippen molar-refractivity contribution < 1.29 is 8.83 Å². The van der Waals surface area contributed by atoms with Gasteiger partial charge in [0.15, 0.2) is 5.58 Å². The van der Waals surface area contributed by atoms with E-state index in [1.165, 1.54) is 33.0 Å². The van der Waals surface area contributed by atoms with E-state index in [-0.39, 0.29) is 0 Å². The van der Waals surface area contributed by atoms with Gasteiger partial charge in [0.25, 0.3) is 0 Å². The molecule has 0 N–H and O–H groups in total. The molecule has 0 fully saturated rings. The van der Waals surface area contributed by atoms with Crippen molar-refractivity contribution in [2.75, 3.05) is 4.90 Å². The van der Waals surface area contributed by atoms with Crippen LogP contribution in [-0.4, -0.2) is 4.57 Å². The molecule has 13 aromatic rings. The lowest BCUT2D eigenvalue weighted by molar-refractivity contribution is 0.663. The van der Waals surface area contributed by atoms with E-state index in [0.29, 0.717) is 0 Å². The van der Waals surface area contributed by atoms with Crippen LogP contribution in [0.5, 0.6) is 0 Å². The standard InChI is InChI=1S/C60H38N2O2/c1-3-14-39(15-4-1)41-26-32-44(33-27-41)61(45-34-28-42(29-35-45)40-16-5-2-6-17-40)46-36-30-43(31-37-46)47-21-13-22-50-52-38-56-57(51-20-9-12-25-55(51)63-56)58(60(52)64-59(47)50)62-53-23-10-7-18-48(53)49-19-8-11-24-54(49)62/h1-38H. The minimum Gasteiger partial charge on any atom is -0.456 e. The third-order valence-corrected chi connectivity index (χ3v) is 12.8. The van der Waals surface area contributed by atoms with Crippen molar-refractivity contribution >= 4 is 82.7 Å². The zero-order valence-electron chi connectivity index (χ0n) is 34.7. The molecule has 0 bridgehead atoms. The number of fused-ring (bicyclic) bond motifs is 9. The summed E-state index contributed by atoms with van der Waals surface area (Å²) in [6.45, 7) is 0. The fourth-order valence-corrected chi connectivity index (χ4v) is 9.82. The minimum atomic E-state index is 0.828. The molecule has 300 valence electrons. The van der Waals surface area contributed by atoms with E-state index in [1.807, 2.05) is 12.1 Å². The second-order valence-corrected chi connectivity index (χ2v) is 16.4. The van der Waals surface area contributed by atoms with Gasteiger partial charge in [-0.05, 0) is 88.5 Å². The number of hydrogen-bond donors (Lipinski definition) is 0. The molecule has 0 saturated heterocycles. The Kier molecular flexibility index (Phi) is 8.18. The topological polar surface area (TPSA) is 34.5 Å². The molecular formula is C60H38N2O2. The molecule has 0 atom stereocenters. The van der Waals surface area contributed by atoms with Crippen molar-refractivity contribution in [3.05, 3.63) is 231 Å². The summed E-state index contributed by atoms with van der Waals surface area (Å²) >= 11 is 0. The van der Waals surface area contributed by atoms with Gasteiger partial charge in [0.1, 0.15) is 22.4 Å². The number of hydrogen-bond acceptors (Lipinski definition) is 3. The van der Waals surface area contributed by atoms with Crippen molar-refractivity contribution in [3.8, 4) is 39.1 Å². The fraction of sp³-hybridized carbons (Fsp3) is 0. The average Bonchev–Trinajstić information content (AvgIpc) is 4.04. The van der Waals surface area contributed by atoms with Crippen LogP contribution < -0.4 is 4.90 Å². The van der Waals surface area contributed by atoms with Crippen molar-refractivity contribution in [1.82, 2.24) is 4.57 Å². The molecule has 3 aromatic heterocycles. The molecule has 64 heavy (non-hydrogen) atoms. The highest BCUT2D eigenvalue weighted by Gasteiger charge is 2.25. The van der Waals surface area contributed by atoms with E-state index in [4.69, 9.17) is 8.83 Å². The summed E-state index contributed by atoms with van der Waals surface area (Å²) in [5.41, 5.74) is 16.6. The van der Waals surface area contributed by atoms with Crippen LogP contribution in [0.2, 0.25) is 0 Å². The van der Waals surface area contributed by atoms with Crippen molar-refractivity contribution in [2.24, 2.45) is 0 Å². The van der Waals surface area contributed by atoms with Crippen LogP contribution in [0.4, 0.5) is 17.1 Å². The maximum absolute atomic E-state index is 7.26. The maximum atomic E-state index is 7.26. The number of para-hydroxylation sites is 4. The summed E-state index contributed by atoms with van der Waals surface area (Å²) in [4.78, 5) is 2.33. The molecule has 0 unspecified atom stereocenters. The predicted octanol–water partition coefficient (Wildman–Crippen LogP) is 17.1. The molecule has 4 nitrogen and oxygen atoms in total. The number of nitrogens with zero attached hydrogens (tertiary/aromatic N) is 2. The van der Waals surface area contributed by atoms with Gasteiger partial charge < -0.3 is 18.3 Å². The summed E-state index contributed by atoms with van der Waals surface area (Å²) in [5, 5.41) is 6.54. The first-order valence-corrected chi connectivity index (χ1v) is 21.7. The van der Waals surface area contributed by atoms with Crippen molar-refractivity contribution in [1.29, 1.82) is 0 Å². The number of rotatable bonds is 7. The van der Waals surface area contributed by atoms with Crippen LogP contribution in [0.1, 0.15) is 0 Å². The highest BCUT2D eigenvalue weighted by atomic mass is 16.3. The smallest absolute Gasteiger partial charge is 0.160 e.